The molecule has 3 atom stereocenters. The first-order valence-corrected chi connectivity index (χ1v) is 14.3. The van der Waals surface area contributed by atoms with Gasteiger partial charge in [-0.3, -0.25) is 19.2 Å². The lowest BCUT2D eigenvalue weighted by Gasteiger charge is -2.38. The Morgan fingerprint density at radius 1 is 0.976 bits per heavy atom. The highest BCUT2D eigenvalue weighted by Gasteiger charge is 2.54. The Balaban J connectivity index is 1.90. The fraction of sp³-hybridized carbons (Fsp3) is 0.821. The van der Waals surface area contributed by atoms with Gasteiger partial charge in [0, 0.05) is 31.8 Å². The second-order valence-corrected chi connectivity index (χ2v) is 13.3. The van der Waals surface area contributed by atoms with Crippen molar-refractivity contribution < 1.29 is 46.3 Å². The molecule has 0 unspecified atom stereocenters. The molecule has 1 heterocycles. The van der Waals surface area contributed by atoms with Crippen LogP contribution in [-0.4, -0.2) is 84.2 Å². The van der Waals surface area contributed by atoms with Crippen LogP contribution in [0.25, 0.3) is 0 Å². The summed E-state index contributed by atoms with van der Waals surface area (Å²) in [6, 6.07) is -4.19. The van der Waals surface area contributed by atoms with E-state index in [0.29, 0.717) is 19.8 Å². The van der Waals surface area contributed by atoms with Crippen LogP contribution in [-0.2, 0) is 23.9 Å². The van der Waals surface area contributed by atoms with E-state index in [9.17, 15) is 41.5 Å². The van der Waals surface area contributed by atoms with Crippen molar-refractivity contribution in [3.05, 3.63) is 0 Å². The molecule has 3 rings (SSSR count). The third-order valence-electron chi connectivity index (χ3n) is 8.34. The molecule has 238 valence electrons. The number of hydrogen-bond acceptors (Lipinski definition) is 6. The molecular formula is C28H42F4N4O6. The van der Waals surface area contributed by atoms with Gasteiger partial charge in [0.1, 0.15) is 12.1 Å². The highest BCUT2D eigenvalue weighted by Crippen LogP contribution is 2.50. The number of alkyl halides is 4. The van der Waals surface area contributed by atoms with E-state index in [1.165, 1.54) is 4.90 Å². The Bertz CT molecular complexity index is 1060. The largest absolute Gasteiger partial charge is 0.453 e. The molecular weight excluding hydrogens is 564 g/mol. The Kier molecular flexibility index (Phi) is 9.88. The van der Waals surface area contributed by atoms with Gasteiger partial charge in [-0.25, -0.2) is 22.4 Å². The van der Waals surface area contributed by atoms with E-state index in [0.717, 1.165) is 7.11 Å². The first-order valence-electron chi connectivity index (χ1n) is 14.3. The van der Waals surface area contributed by atoms with E-state index < -0.39 is 96.1 Å². The summed E-state index contributed by atoms with van der Waals surface area (Å²) in [5.41, 5.74) is -1.68. The first-order chi connectivity index (χ1) is 19.3. The van der Waals surface area contributed by atoms with E-state index >= 15 is 0 Å². The molecule has 1 spiro atoms. The molecule has 1 aliphatic heterocycles. The Morgan fingerprint density at radius 2 is 1.57 bits per heavy atom. The quantitative estimate of drug-likeness (QED) is 0.258. The number of halogens is 4. The number of likely N-dealkylation sites (tertiary alicyclic amines) is 1. The van der Waals surface area contributed by atoms with Gasteiger partial charge in [-0.1, -0.05) is 20.8 Å². The van der Waals surface area contributed by atoms with E-state index in [1.807, 2.05) is 0 Å². The third kappa shape index (κ3) is 8.79. The topological polar surface area (TPSA) is 134 Å². The normalized spacial score (nSPS) is 23.1. The van der Waals surface area contributed by atoms with Crippen molar-refractivity contribution in [2.45, 2.75) is 121 Å². The molecule has 0 radical (unpaired) electrons. The molecule has 4 amide bonds. The van der Waals surface area contributed by atoms with Crippen LogP contribution in [0.3, 0.4) is 0 Å². The van der Waals surface area contributed by atoms with Gasteiger partial charge in [0.25, 0.3) is 5.91 Å². The molecule has 10 nitrogen and oxygen atoms in total. The van der Waals surface area contributed by atoms with Gasteiger partial charge in [-0.05, 0) is 56.3 Å². The summed E-state index contributed by atoms with van der Waals surface area (Å²) in [4.78, 5) is 66.4. The van der Waals surface area contributed by atoms with Crippen LogP contribution in [0.4, 0.5) is 22.4 Å². The second kappa shape index (κ2) is 12.4. The van der Waals surface area contributed by atoms with E-state index in [1.54, 1.807) is 20.8 Å². The van der Waals surface area contributed by atoms with Gasteiger partial charge in [0.05, 0.1) is 13.2 Å². The van der Waals surface area contributed by atoms with E-state index in [2.05, 4.69) is 20.7 Å². The zero-order valence-electron chi connectivity index (χ0n) is 24.8. The number of hydrogen-bond donors (Lipinski definition) is 3. The SMILES string of the molecule is COC(=O)N[C@H](C(=O)N1CC2(CCC(F)(F)CC2)C[C@H]1C(=O)N[C@@H](CCC(C)(F)F)C(=O)C(=O)NC1CC1)C(C)(C)C. The van der Waals surface area contributed by atoms with Crippen molar-refractivity contribution >= 4 is 29.6 Å². The standard InChI is InChI=1S/C28H42F4N4O6/c1-25(2,3)20(35-24(41)42-5)23(40)36-15-27(10-12-28(31,32)13-11-27)14-18(36)21(38)34-17(8-9-26(4,29)30)19(37)22(39)33-16-6-7-16/h16-18,20H,6-15H2,1-5H3,(H,33,39)(H,34,38)(H,35,41)/t17-,18-,20+/m0/s1. The summed E-state index contributed by atoms with van der Waals surface area (Å²) in [7, 11) is 1.12. The van der Waals surface area contributed by atoms with Crippen molar-refractivity contribution in [2.75, 3.05) is 13.7 Å². The van der Waals surface area contributed by atoms with Crippen molar-refractivity contribution in [3.8, 4) is 0 Å². The monoisotopic (exact) mass is 606 g/mol. The number of nitrogens with zero attached hydrogens (tertiary/aromatic N) is 1. The maximum Gasteiger partial charge on any atom is 0.407 e. The highest BCUT2D eigenvalue weighted by atomic mass is 19.3. The molecule has 3 N–H and O–H groups in total. The molecule has 0 aromatic rings. The summed E-state index contributed by atoms with van der Waals surface area (Å²) in [6.07, 6.45) is -1.64. The minimum absolute atomic E-state index is 0.00510. The number of ketones is 1. The van der Waals surface area contributed by atoms with Crippen LogP contribution in [0.1, 0.15) is 85.5 Å². The molecule has 2 saturated carbocycles. The molecule has 3 aliphatic rings. The van der Waals surface area contributed by atoms with Gasteiger partial charge in [0.2, 0.25) is 29.4 Å². The van der Waals surface area contributed by atoms with Crippen molar-refractivity contribution in [3.63, 3.8) is 0 Å². The number of carbonyl (C=O) groups is 5. The maximum absolute atomic E-state index is 14.1. The molecule has 0 aromatic carbocycles. The summed E-state index contributed by atoms with van der Waals surface area (Å²) >= 11 is 0. The molecule has 3 fully saturated rings. The minimum atomic E-state index is -3.18. The Labute approximate surface area is 243 Å². The summed E-state index contributed by atoms with van der Waals surface area (Å²) in [5.74, 6) is -9.65. The number of carbonyl (C=O) groups excluding carboxylic acids is 5. The van der Waals surface area contributed by atoms with Gasteiger partial charge in [0.15, 0.2) is 0 Å². The Morgan fingerprint density at radius 3 is 2.07 bits per heavy atom. The van der Waals surface area contributed by atoms with E-state index in [-0.39, 0.29) is 31.8 Å². The van der Waals surface area contributed by atoms with Crippen molar-refractivity contribution in [1.82, 2.24) is 20.9 Å². The molecule has 0 bridgehead atoms. The molecule has 2 aliphatic carbocycles. The zero-order valence-corrected chi connectivity index (χ0v) is 24.8. The first kappa shape index (κ1) is 33.6. The number of methoxy groups -OCH3 is 1. The van der Waals surface area contributed by atoms with Crippen LogP contribution >= 0.6 is 0 Å². The number of amides is 4. The van der Waals surface area contributed by atoms with Crippen LogP contribution in [0.5, 0.6) is 0 Å². The van der Waals surface area contributed by atoms with Crippen LogP contribution in [0.15, 0.2) is 0 Å². The summed E-state index contributed by atoms with van der Waals surface area (Å²) in [6.45, 7) is 5.66. The van der Waals surface area contributed by atoms with Gasteiger partial charge in [-0.15, -0.1) is 0 Å². The summed E-state index contributed by atoms with van der Waals surface area (Å²) < 4.78 is 60.3. The Hall–Kier alpha value is -2.93. The fourth-order valence-electron chi connectivity index (χ4n) is 5.60. The molecule has 1 saturated heterocycles. The lowest BCUT2D eigenvalue weighted by atomic mass is 9.71. The highest BCUT2D eigenvalue weighted by molar-refractivity contribution is 6.38. The van der Waals surface area contributed by atoms with Gasteiger partial charge in [-0.2, -0.15) is 0 Å². The third-order valence-corrected chi connectivity index (χ3v) is 8.34. The minimum Gasteiger partial charge on any atom is -0.453 e. The molecule has 42 heavy (non-hydrogen) atoms. The second-order valence-electron chi connectivity index (χ2n) is 13.3. The van der Waals surface area contributed by atoms with Crippen LogP contribution in [0.2, 0.25) is 0 Å². The number of rotatable bonds is 10. The maximum atomic E-state index is 14.1. The number of ether oxygens (including phenoxy) is 1. The van der Waals surface area contributed by atoms with E-state index in [4.69, 9.17) is 0 Å². The molecule has 0 aromatic heterocycles. The fourth-order valence-corrected chi connectivity index (χ4v) is 5.60. The average Bonchev–Trinajstić information content (AvgIpc) is 3.62. The summed E-state index contributed by atoms with van der Waals surface area (Å²) in [5, 5.41) is 7.41. The molecule has 14 heteroatoms. The van der Waals surface area contributed by atoms with Crippen molar-refractivity contribution in [2.24, 2.45) is 10.8 Å². The predicted molar refractivity (Wildman–Crippen MR) is 143 cm³/mol. The smallest absolute Gasteiger partial charge is 0.407 e. The van der Waals surface area contributed by atoms with Crippen LogP contribution in [0, 0.1) is 10.8 Å². The van der Waals surface area contributed by atoms with Crippen LogP contribution < -0.4 is 16.0 Å². The number of alkyl carbamates (subject to hydrolysis) is 1. The average molecular weight is 607 g/mol. The predicted octanol–water partition coefficient (Wildman–Crippen LogP) is 3.32. The number of Topliss-reactive ketones (excluding diaryl/α,β-unsaturated/α-hetero) is 1. The van der Waals surface area contributed by atoms with Gasteiger partial charge >= 0.3 is 6.09 Å². The van der Waals surface area contributed by atoms with Gasteiger partial charge < -0.3 is 25.6 Å². The lowest BCUT2D eigenvalue weighted by Crippen LogP contribution is -2.59. The number of nitrogens with one attached hydrogen (secondary N) is 3. The van der Waals surface area contributed by atoms with Crippen molar-refractivity contribution in [1.29, 1.82) is 0 Å². The zero-order chi connectivity index (χ0) is 31.7. The lowest BCUT2D eigenvalue weighted by molar-refractivity contribution is -0.144.